The third-order valence-electron chi connectivity index (χ3n) is 4.50. The van der Waals surface area contributed by atoms with E-state index in [1.165, 1.54) is 6.07 Å². The van der Waals surface area contributed by atoms with Crippen molar-refractivity contribution in [3.8, 4) is 0 Å². The number of carbonyl (C=O) groups excluding carboxylic acids is 1. The number of hydrogen-bond acceptors (Lipinski definition) is 5. The van der Waals surface area contributed by atoms with Crippen LogP contribution < -0.4 is 10.6 Å². The number of anilines is 2. The Kier molecular flexibility index (Phi) is 3.32. The van der Waals surface area contributed by atoms with Crippen molar-refractivity contribution in [2.24, 2.45) is 0 Å². The first-order valence-electron chi connectivity index (χ1n) is 7.34. The van der Waals surface area contributed by atoms with E-state index in [0.29, 0.717) is 18.8 Å². The van der Waals surface area contributed by atoms with Crippen LogP contribution in [-0.4, -0.2) is 30.1 Å². The lowest BCUT2D eigenvalue weighted by Gasteiger charge is -2.23. The monoisotopic (exact) mass is 305 g/mol. The molecule has 1 aromatic rings. The van der Waals surface area contributed by atoms with Gasteiger partial charge in [-0.15, -0.1) is 0 Å². The van der Waals surface area contributed by atoms with Crippen LogP contribution in [0.4, 0.5) is 17.1 Å². The second-order valence-corrected chi connectivity index (χ2v) is 6.36. The number of amides is 1. The fourth-order valence-corrected chi connectivity index (χ4v) is 3.21. The number of benzene rings is 1. The van der Waals surface area contributed by atoms with Gasteiger partial charge in [0.2, 0.25) is 5.91 Å². The van der Waals surface area contributed by atoms with Crippen molar-refractivity contribution < 1.29 is 14.5 Å². The predicted octanol–water partition coefficient (Wildman–Crippen LogP) is 1.98. The second-order valence-electron chi connectivity index (χ2n) is 6.36. The molecule has 118 valence electrons. The Balaban J connectivity index is 2.05. The third kappa shape index (κ3) is 2.12. The molecular formula is C15H19N3O4. The summed E-state index contributed by atoms with van der Waals surface area (Å²) in [6, 6.07) is 2.97. The first-order chi connectivity index (χ1) is 10.3. The van der Waals surface area contributed by atoms with E-state index < -0.39 is 10.3 Å². The fourth-order valence-electron chi connectivity index (χ4n) is 3.21. The van der Waals surface area contributed by atoms with Gasteiger partial charge in [-0.3, -0.25) is 14.9 Å². The van der Waals surface area contributed by atoms with E-state index in [2.05, 4.69) is 0 Å². The summed E-state index contributed by atoms with van der Waals surface area (Å²) in [7, 11) is 0. The predicted molar refractivity (Wildman–Crippen MR) is 81.9 cm³/mol. The molecule has 0 bridgehead atoms. The summed E-state index contributed by atoms with van der Waals surface area (Å²) in [6.45, 7) is 4.76. The minimum absolute atomic E-state index is 0.0118. The first kappa shape index (κ1) is 14.8. The molecule has 0 saturated carbocycles. The number of ether oxygens (including phenoxy) is 1. The van der Waals surface area contributed by atoms with E-state index in [-0.39, 0.29) is 23.4 Å². The average molecular weight is 305 g/mol. The van der Waals surface area contributed by atoms with Gasteiger partial charge in [0.15, 0.2) is 0 Å². The molecule has 0 aromatic heterocycles. The molecule has 22 heavy (non-hydrogen) atoms. The molecule has 1 fully saturated rings. The van der Waals surface area contributed by atoms with Crippen LogP contribution in [0.3, 0.4) is 0 Å². The molecular weight excluding hydrogens is 286 g/mol. The van der Waals surface area contributed by atoms with Crippen molar-refractivity contribution >= 4 is 23.0 Å². The number of rotatable bonds is 3. The number of hydrogen-bond donors (Lipinski definition) is 1. The zero-order chi connectivity index (χ0) is 16.1. The Morgan fingerprint density at radius 3 is 2.82 bits per heavy atom. The molecule has 2 heterocycles. The largest absolute Gasteiger partial charge is 0.393 e. The van der Waals surface area contributed by atoms with Crippen molar-refractivity contribution in [3.63, 3.8) is 0 Å². The zero-order valence-electron chi connectivity index (χ0n) is 12.7. The van der Waals surface area contributed by atoms with Crippen LogP contribution in [0.25, 0.3) is 0 Å². The Labute approximate surface area is 128 Å². The normalized spacial score (nSPS) is 22.9. The molecule has 0 radical (unpaired) electrons. The highest BCUT2D eigenvalue weighted by Crippen LogP contribution is 2.45. The van der Waals surface area contributed by atoms with Gasteiger partial charge in [-0.05, 0) is 38.3 Å². The quantitative estimate of drug-likeness (QED) is 0.523. The summed E-state index contributed by atoms with van der Waals surface area (Å²) in [5, 5.41) is 11.1. The Bertz CT molecular complexity index is 650. The summed E-state index contributed by atoms with van der Waals surface area (Å²) < 4.78 is 5.60. The SMILES string of the molecule is CC1(C)C(=O)N(CC2CCCO2)c2cc([N+](=O)[O-])c(N)cc21. The number of nitrogens with zero attached hydrogens (tertiary/aromatic N) is 2. The molecule has 1 aromatic carbocycles. The lowest BCUT2D eigenvalue weighted by molar-refractivity contribution is -0.383. The fraction of sp³-hybridized carbons (Fsp3) is 0.533. The molecule has 1 atom stereocenters. The van der Waals surface area contributed by atoms with Crippen molar-refractivity contribution in [2.75, 3.05) is 23.8 Å². The molecule has 0 aliphatic carbocycles. The lowest BCUT2D eigenvalue weighted by atomic mass is 9.86. The lowest BCUT2D eigenvalue weighted by Crippen LogP contribution is -2.40. The molecule has 3 rings (SSSR count). The van der Waals surface area contributed by atoms with E-state index in [4.69, 9.17) is 10.5 Å². The molecule has 7 nitrogen and oxygen atoms in total. The van der Waals surface area contributed by atoms with Gasteiger partial charge in [-0.25, -0.2) is 0 Å². The van der Waals surface area contributed by atoms with Crippen LogP contribution in [-0.2, 0) is 14.9 Å². The third-order valence-corrected chi connectivity index (χ3v) is 4.50. The topological polar surface area (TPSA) is 98.7 Å². The molecule has 2 aliphatic heterocycles. The van der Waals surface area contributed by atoms with Crippen LogP contribution in [0, 0.1) is 10.1 Å². The summed E-state index contributed by atoms with van der Waals surface area (Å²) in [4.78, 5) is 24.9. The van der Waals surface area contributed by atoms with Crippen molar-refractivity contribution in [1.82, 2.24) is 0 Å². The number of carbonyl (C=O) groups is 1. The van der Waals surface area contributed by atoms with Gasteiger partial charge in [0.1, 0.15) is 5.69 Å². The second kappa shape index (κ2) is 4.95. The molecule has 2 N–H and O–H groups in total. The molecule has 0 spiro atoms. The van der Waals surface area contributed by atoms with Crippen LogP contribution in [0.1, 0.15) is 32.3 Å². The molecule has 7 heteroatoms. The highest BCUT2D eigenvalue weighted by Gasteiger charge is 2.46. The van der Waals surface area contributed by atoms with Crippen molar-refractivity contribution in [3.05, 3.63) is 27.8 Å². The minimum Gasteiger partial charge on any atom is -0.393 e. The maximum atomic E-state index is 12.7. The van der Waals surface area contributed by atoms with Crippen LogP contribution in [0.2, 0.25) is 0 Å². The molecule has 1 unspecified atom stereocenters. The summed E-state index contributed by atoms with van der Waals surface area (Å²) in [5.41, 5.74) is 6.27. The number of nitrogens with two attached hydrogens (primary N) is 1. The van der Waals surface area contributed by atoms with Gasteiger partial charge in [-0.1, -0.05) is 0 Å². The van der Waals surface area contributed by atoms with Gasteiger partial charge in [0, 0.05) is 12.7 Å². The van der Waals surface area contributed by atoms with E-state index in [1.807, 2.05) is 13.8 Å². The van der Waals surface area contributed by atoms with Gasteiger partial charge in [-0.2, -0.15) is 0 Å². The molecule has 1 amide bonds. The van der Waals surface area contributed by atoms with E-state index in [9.17, 15) is 14.9 Å². The smallest absolute Gasteiger partial charge is 0.294 e. The van der Waals surface area contributed by atoms with Crippen LogP contribution >= 0.6 is 0 Å². The Hall–Kier alpha value is -2.15. The highest BCUT2D eigenvalue weighted by atomic mass is 16.6. The Morgan fingerprint density at radius 2 is 2.23 bits per heavy atom. The standard InChI is InChI=1S/C15H19N3O4/c1-15(2)10-6-11(16)13(18(20)21)7-12(10)17(14(15)19)8-9-4-3-5-22-9/h6-7,9H,3-5,8,16H2,1-2H3. The average Bonchev–Trinajstić information content (AvgIpc) is 3.01. The number of nitrogen functional groups attached to an aromatic ring is 1. The van der Waals surface area contributed by atoms with Gasteiger partial charge < -0.3 is 15.4 Å². The summed E-state index contributed by atoms with van der Waals surface area (Å²) in [5.74, 6) is -0.0714. The van der Waals surface area contributed by atoms with Crippen LogP contribution in [0.15, 0.2) is 12.1 Å². The minimum atomic E-state index is -0.739. The van der Waals surface area contributed by atoms with E-state index in [0.717, 1.165) is 18.4 Å². The van der Waals surface area contributed by atoms with E-state index >= 15 is 0 Å². The summed E-state index contributed by atoms with van der Waals surface area (Å²) >= 11 is 0. The van der Waals surface area contributed by atoms with Gasteiger partial charge >= 0.3 is 0 Å². The van der Waals surface area contributed by atoms with Crippen LogP contribution in [0.5, 0.6) is 0 Å². The van der Waals surface area contributed by atoms with Gasteiger partial charge in [0.05, 0.1) is 28.7 Å². The highest BCUT2D eigenvalue weighted by molar-refractivity contribution is 6.08. The number of fused-ring (bicyclic) bond motifs is 1. The zero-order valence-corrected chi connectivity index (χ0v) is 12.7. The van der Waals surface area contributed by atoms with Gasteiger partial charge in [0.25, 0.3) is 5.69 Å². The maximum absolute atomic E-state index is 12.7. The number of nitro benzene ring substituents is 1. The Morgan fingerprint density at radius 1 is 1.50 bits per heavy atom. The van der Waals surface area contributed by atoms with Crippen molar-refractivity contribution in [2.45, 2.75) is 38.2 Å². The molecule has 1 saturated heterocycles. The molecule has 2 aliphatic rings. The van der Waals surface area contributed by atoms with Crippen molar-refractivity contribution in [1.29, 1.82) is 0 Å². The maximum Gasteiger partial charge on any atom is 0.294 e. The number of nitro groups is 1. The van der Waals surface area contributed by atoms with E-state index in [1.54, 1.807) is 11.0 Å². The first-order valence-corrected chi connectivity index (χ1v) is 7.34. The summed E-state index contributed by atoms with van der Waals surface area (Å²) in [6.07, 6.45) is 1.86.